The number of carbonyl (C=O) groups excluding carboxylic acids is 1. The van der Waals surface area contributed by atoms with Crippen LogP contribution in [0.5, 0.6) is 0 Å². The number of thioether (sulfide) groups is 2. The SMILES string of the molecule is CCCCCC(=O)c1cc(C2(c3ccccc3)Sc3ccccc3S2)c[nH]1. The van der Waals surface area contributed by atoms with Crippen molar-refractivity contribution in [3.05, 3.63) is 83.7 Å². The fourth-order valence-corrected chi connectivity index (χ4v) is 6.61. The number of fused-ring (bicyclic) bond motifs is 1. The molecule has 4 heteroatoms. The van der Waals surface area contributed by atoms with Crippen LogP contribution in [0.3, 0.4) is 0 Å². The molecule has 0 unspecified atom stereocenters. The second kappa shape index (κ2) is 7.99. The van der Waals surface area contributed by atoms with Gasteiger partial charge in [0.15, 0.2) is 5.78 Å². The van der Waals surface area contributed by atoms with Crippen LogP contribution in [0.1, 0.15) is 54.2 Å². The molecule has 1 aliphatic heterocycles. The standard InChI is InChI=1S/C23H23NOS2/c1-2-3-5-12-20(25)19-15-18(16-24-19)23(17-10-6-4-7-11-17)26-21-13-8-9-14-22(21)27-23/h4,6-11,13-16,24H,2-3,5,12H2,1H3. The van der Waals surface area contributed by atoms with E-state index in [9.17, 15) is 4.79 Å². The summed E-state index contributed by atoms with van der Waals surface area (Å²) in [7, 11) is 0. The van der Waals surface area contributed by atoms with E-state index < -0.39 is 0 Å². The number of carbonyl (C=O) groups is 1. The van der Waals surface area contributed by atoms with E-state index >= 15 is 0 Å². The zero-order valence-corrected chi connectivity index (χ0v) is 17.0. The van der Waals surface area contributed by atoms with Gasteiger partial charge in [-0.25, -0.2) is 0 Å². The molecule has 1 aromatic heterocycles. The second-order valence-corrected chi connectivity index (χ2v) is 9.59. The number of benzene rings is 2. The van der Waals surface area contributed by atoms with E-state index in [1.165, 1.54) is 15.4 Å². The number of hydrogen-bond donors (Lipinski definition) is 1. The van der Waals surface area contributed by atoms with Crippen molar-refractivity contribution >= 4 is 29.3 Å². The Morgan fingerprint density at radius 1 is 0.926 bits per heavy atom. The Morgan fingerprint density at radius 3 is 2.26 bits per heavy atom. The fourth-order valence-electron chi connectivity index (χ4n) is 3.42. The third kappa shape index (κ3) is 3.61. The first-order valence-electron chi connectivity index (χ1n) is 9.47. The van der Waals surface area contributed by atoms with Crippen LogP contribution in [0.25, 0.3) is 0 Å². The molecule has 0 spiro atoms. The summed E-state index contributed by atoms with van der Waals surface area (Å²) in [4.78, 5) is 18.4. The van der Waals surface area contributed by atoms with Gasteiger partial charge in [0.05, 0.1) is 5.69 Å². The third-order valence-electron chi connectivity index (χ3n) is 4.88. The maximum Gasteiger partial charge on any atom is 0.179 e. The van der Waals surface area contributed by atoms with E-state index in [4.69, 9.17) is 0 Å². The van der Waals surface area contributed by atoms with Crippen LogP contribution in [0.4, 0.5) is 0 Å². The Kier molecular flexibility index (Phi) is 5.46. The van der Waals surface area contributed by atoms with E-state index in [-0.39, 0.29) is 9.86 Å². The number of hydrogen-bond acceptors (Lipinski definition) is 3. The normalized spacial score (nSPS) is 14.9. The monoisotopic (exact) mass is 393 g/mol. The molecule has 0 fully saturated rings. The van der Waals surface area contributed by atoms with Crippen molar-refractivity contribution in [1.29, 1.82) is 0 Å². The molecule has 1 N–H and O–H groups in total. The minimum absolute atomic E-state index is 0.212. The number of nitrogens with one attached hydrogen (secondary N) is 1. The van der Waals surface area contributed by atoms with Crippen molar-refractivity contribution < 1.29 is 4.79 Å². The Bertz CT molecular complexity index is 907. The average molecular weight is 394 g/mol. The second-order valence-electron chi connectivity index (χ2n) is 6.82. The number of aromatic nitrogens is 1. The molecular weight excluding hydrogens is 370 g/mol. The van der Waals surface area contributed by atoms with Crippen molar-refractivity contribution in [2.45, 2.75) is 46.5 Å². The summed E-state index contributed by atoms with van der Waals surface area (Å²) in [5.74, 6) is 0.212. The molecule has 0 atom stereocenters. The summed E-state index contributed by atoms with van der Waals surface area (Å²) < 4.78 is -0.261. The van der Waals surface area contributed by atoms with E-state index in [0.29, 0.717) is 6.42 Å². The van der Waals surface area contributed by atoms with Crippen molar-refractivity contribution in [3.8, 4) is 0 Å². The summed E-state index contributed by atoms with van der Waals surface area (Å²) >= 11 is 3.74. The predicted octanol–water partition coefficient (Wildman–Crippen LogP) is 6.88. The van der Waals surface area contributed by atoms with E-state index in [0.717, 1.165) is 30.5 Å². The number of Topliss-reactive ketones (excluding diaryl/α,β-unsaturated/α-hetero) is 1. The lowest BCUT2D eigenvalue weighted by Gasteiger charge is -2.27. The molecule has 3 aromatic rings. The van der Waals surface area contributed by atoms with E-state index in [1.54, 1.807) is 0 Å². The van der Waals surface area contributed by atoms with Crippen LogP contribution < -0.4 is 0 Å². The van der Waals surface area contributed by atoms with E-state index in [1.807, 2.05) is 29.7 Å². The number of ketones is 1. The van der Waals surface area contributed by atoms with Crippen LogP contribution in [-0.2, 0) is 4.08 Å². The zero-order valence-electron chi connectivity index (χ0n) is 15.4. The van der Waals surface area contributed by atoms with Crippen LogP contribution >= 0.6 is 23.5 Å². The Hall–Kier alpha value is -1.91. The topological polar surface area (TPSA) is 32.9 Å². The fraction of sp³-hybridized carbons (Fsp3) is 0.261. The maximum absolute atomic E-state index is 12.6. The van der Waals surface area contributed by atoms with Gasteiger partial charge in [0.1, 0.15) is 4.08 Å². The van der Waals surface area contributed by atoms with Gasteiger partial charge in [-0.1, -0.05) is 85.8 Å². The first-order chi connectivity index (χ1) is 13.2. The van der Waals surface area contributed by atoms with Gasteiger partial charge in [-0.2, -0.15) is 0 Å². The molecule has 0 bridgehead atoms. The Labute approximate surface area is 169 Å². The highest BCUT2D eigenvalue weighted by Gasteiger charge is 2.43. The Morgan fingerprint density at radius 2 is 1.59 bits per heavy atom. The smallest absolute Gasteiger partial charge is 0.179 e. The molecule has 0 amide bonds. The maximum atomic E-state index is 12.6. The average Bonchev–Trinajstić information content (AvgIpc) is 3.34. The predicted molar refractivity (Wildman–Crippen MR) is 115 cm³/mol. The summed E-state index contributed by atoms with van der Waals surface area (Å²) in [6.07, 6.45) is 5.83. The molecular formula is C23H23NOS2. The van der Waals surface area contributed by atoms with Gasteiger partial charge in [0.2, 0.25) is 0 Å². The number of unbranched alkanes of at least 4 members (excludes halogenated alkanes) is 2. The molecule has 27 heavy (non-hydrogen) atoms. The highest BCUT2D eigenvalue weighted by molar-refractivity contribution is 8.20. The molecule has 2 aromatic carbocycles. The summed E-state index contributed by atoms with van der Waals surface area (Å²) in [5, 5.41) is 0. The molecule has 1 aliphatic rings. The minimum Gasteiger partial charge on any atom is -0.358 e. The van der Waals surface area contributed by atoms with Crippen LogP contribution in [0.15, 0.2) is 76.7 Å². The molecule has 0 radical (unpaired) electrons. The van der Waals surface area contributed by atoms with Crippen molar-refractivity contribution in [3.63, 3.8) is 0 Å². The van der Waals surface area contributed by atoms with Gasteiger partial charge in [-0.05, 0) is 30.2 Å². The molecule has 138 valence electrons. The lowest BCUT2D eigenvalue weighted by Crippen LogP contribution is -2.15. The molecule has 4 rings (SSSR count). The summed E-state index contributed by atoms with van der Waals surface area (Å²) in [5.41, 5.74) is 3.13. The van der Waals surface area contributed by atoms with Crippen molar-refractivity contribution in [1.82, 2.24) is 4.98 Å². The summed E-state index contributed by atoms with van der Waals surface area (Å²) in [6.45, 7) is 2.16. The third-order valence-corrected chi connectivity index (χ3v) is 8.18. The highest BCUT2D eigenvalue weighted by atomic mass is 32.2. The first kappa shape index (κ1) is 18.5. The van der Waals surface area contributed by atoms with Gasteiger partial charge in [0, 0.05) is 28.0 Å². The van der Waals surface area contributed by atoms with E-state index in [2.05, 4.69) is 72.6 Å². The largest absolute Gasteiger partial charge is 0.358 e. The number of aromatic amines is 1. The van der Waals surface area contributed by atoms with Crippen molar-refractivity contribution in [2.75, 3.05) is 0 Å². The first-order valence-corrected chi connectivity index (χ1v) is 11.1. The van der Waals surface area contributed by atoms with Crippen LogP contribution in [-0.4, -0.2) is 10.8 Å². The molecule has 2 heterocycles. The lowest BCUT2D eigenvalue weighted by atomic mass is 10.0. The van der Waals surface area contributed by atoms with Gasteiger partial charge in [-0.15, -0.1) is 0 Å². The Balaban J connectivity index is 1.69. The molecule has 0 aliphatic carbocycles. The van der Waals surface area contributed by atoms with Gasteiger partial charge < -0.3 is 4.98 Å². The number of H-pyrrole nitrogens is 1. The summed E-state index contributed by atoms with van der Waals surface area (Å²) in [6, 6.07) is 21.2. The quantitative estimate of drug-likeness (QED) is 0.351. The van der Waals surface area contributed by atoms with Gasteiger partial charge >= 0.3 is 0 Å². The van der Waals surface area contributed by atoms with Gasteiger partial charge in [-0.3, -0.25) is 4.79 Å². The zero-order chi connectivity index (χ0) is 18.7. The minimum atomic E-state index is -0.261. The van der Waals surface area contributed by atoms with Crippen LogP contribution in [0, 0.1) is 0 Å². The van der Waals surface area contributed by atoms with Gasteiger partial charge in [0.25, 0.3) is 0 Å². The van der Waals surface area contributed by atoms with Crippen molar-refractivity contribution in [2.24, 2.45) is 0 Å². The molecule has 2 nitrogen and oxygen atoms in total. The molecule has 0 saturated carbocycles. The van der Waals surface area contributed by atoms with Crippen LogP contribution in [0.2, 0.25) is 0 Å². The highest BCUT2D eigenvalue weighted by Crippen LogP contribution is 2.64. The number of rotatable bonds is 7. The molecule has 0 saturated heterocycles. The lowest BCUT2D eigenvalue weighted by molar-refractivity contribution is 0.0975.